The molecular formula is C3H7NO2. The fourth-order valence-electron chi connectivity index (χ4n) is 0. The van der Waals surface area contributed by atoms with Gasteiger partial charge in [0, 0.05) is 14.0 Å². The largest absolute Gasteiger partial charge is 0.286 e. The lowest BCUT2D eigenvalue weighted by Gasteiger charge is -1.99. The van der Waals surface area contributed by atoms with Gasteiger partial charge in [0.1, 0.15) is 0 Å². The normalized spacial score (nSPS) is 7.83. The van der Waals surface area contributed by atoms with E-state index < -0.39 is 0 Å². The van der Waals surface area contributed by atoms with Gasteiger partial charge in [-0.3, -0.25) is 10.0 Å². The summed E-state index contributed by atoms with van der Waals surface area (Å²) < 4.78 is 0. The molecule has 0 unspecified atom stereocenters. The van der Waals surface area contributed by atoms with Crippen molar-refractivity contribution in [2.24, 2.45) is 0 Å². The third kappa shape index (κ3) is 1.72. The minimum atomic E-state index is -0.352. The molecule has 3 nitrogen and oxygen atoms in total. The number of hydrogen-bond acceptors (Lipinski definition) is 2. The maximum Gasteiger partial charge on any atom is 0.242 e. The van der Waals surface area contributed by atoms with Crippen LogP contribution in [0.15, 0.2) is 0 Å². The van der Waals surface area contributed by atoms with Crippen LogP contribution in [0.3, 0.4) is 0 Å². The number of nitrogens with zero attached hydrogens (tertiary/aromatic N) is 1. The van der Waals surface area contributed by atoms with Gasteiger partial charge in [0.2, 0.25) is 5.91 Å². The van der Waals surface area contributed by atoms with Crippen molar-refractivity contribution in [1.82, 2.24) is 5.06 Å². The first kappa shape index (κ1) is 5.43. The molecule has 6 heavy (non-hydrogen) atoms. The molecule has 0 aromatic heterocycles. The van der Waals surface area contributed by atoms with Gasteiger partial charge >= 0.3 is 0 Å². The van der Waals surface area contributed by atoms with Crippen LogP contribution in [-0.4, -0.2) is 23.2 Å². The minimum absolute atomic E-state index is 0.352. The van der Waals surface area contributed by atoms with Crippen molar-refractivity contribution in [3.8, 4) is 0 Å². The van der Waals surface area contributed by atoms with Gasteiger partial charge in [-0.25, -0.2) is 5.06 Å². The van der Waals surface area contributed by atoms with Crippen molar-refractivity contribution in [3.63, 3.8) is 0 Å². The molecule has 0 spiro atoms. The first-order valence-electron chi connectivity index (χ1n) is 1.57. The summed E-state index contributed by atoms with van der Waals surface area (Å²) in [5.41, 5.74) is 0. The maximum absolute atomic E-state index is 9.82. The van der Waals surface area contributed by atoms with Gasteiger partial charge in [0.05, 0.1) is 0 Å². The zero-order chi connectivity index (χ0) is 5.15. The maximum atomic E-state index is 9.82. The van der Waals surface area contributed by atoms with Crippen molar-refractivity contribution in [1.29, 1.82) is 0 Å². The summed E-state index contributed by atoms with van der Waals surface area (Å²) in [5.74, 6) is -0.352. The lowest BCUT2D eigenvalue weighted by molar-refractivity contribution is -0.156. The molecule has 0 aliphatic rings. The quantitative estimate of drug-likeness (QED) is 0.331. The Morgan fingerprint density at radius 1 is 1.83 bits per heavy atom. The predicted molar refractivity (Wildman–Crippen MR) is 20.2 cm³/mol. The van der Waals surface area contributed by atoms with Crippen molar-refractivity contribution >= 4 is 5.91 Å². The first-order valence-corrected chi connectivity index (χ1v) is 1.57. The third-order valence-electron chi connectivity index (χ3n) is 0.456. The highest BCUT2D eigenvalue weighted by Crippen LogP contribution is 1.68. The van der Waals surface area contributed by atoms with E-state index in [1.807, 2.05) is 0 Å². The molecule has 0 saturated carbocycles. The Hall–Kier alpha value is -0.570. The lowest BCUT2D eigenvalue weighted by Crippen LogP contribution is -2.17. The predicted octanol–water partition coefficient (Wildman–Crippen LogP) is -0.146. The van der Waals surface area contributed by atoms with Gasteiger partial charge < -0.3 is 0 Å². The van der Waals surface area contributed by atoms with E-state index in [4.69, 9.17) is 5.21 Å². The number of carbonyl (C=O) groups excluding carboxylic acids is 1. The summed E-state index contributed by atoms with van der Waals surface area (Å²) in [7, 11) is 1.28. The molecule has 0 fully saturated rings. The average Bonchev–Trinajstić information content (AvgIpc) is 1.36. The second kappa shape index (κ2) is 1.77. The third-order valence-corrected chi connectivity index (χ3v) is 0.456. The topological polar surface area (TPSA) is 40.5 Å². The molecule has 0 aromatic carbocycles. The van der Waals surface area contributed by atoms with Crippen molar-refractivity contribution < 1.29 is 10.0 Å². The molecule has 0 rings (SSSR count). The van der Waals surface area contributed by atoms with E-state index in [0.717, 1.165) is 0 Å². The van der Waals surface area contributed by atoms with Gasteiger partial charge in [-0.1, -0.05) is 0 Å². The van der Waals surface area contributed by atoms with Gasteiger partial charge in [0.15, 0.2) is 0 Å². The fraction of sp³-hybridized carbons (Fsp3) is 0.667. The summed E-state index contributed by atoms with van der Waals surface area (Å²) in [4.78, 5) is 9.82. The summed E-state index contributed by atoms with van der Waals surface area (Å²) in [5, 5.41) is 8.64. The molecule has 0 atom stereocenters. The molecule has 0 radical (unpaired) electrons. The Morgan fingerprint density at radius 2 is 2.00 bits per heavy atom. The Balaban J connectivity index is 3.26. The van der Waals surface area contributed by atoms with Crippen LogP contribution in [0.25, 0.3) is 0 Å². The zero-order valence-corrected chi connectivity index (χ0v) is 3.80. The monoisotopic (exact) mass is 89.0 g/mol. The minimum Gasteiger partial charge on any atom is -0.286 e. The molecule has 0 saturated heterocycles. The summed E-state index contributed by atoms with van der Waals surface area (Å²) in [6.45, 7) is 1.28. The molecule has 0 aromatic rings. The van der Waals surface area contributed by atoms with Crippen LogP contribution >= 0.6 is 0 Å². The molecule has 0 aliphatic carbocycles. The summed E-state index contributed by atoms with van der Waals surface area (Å²) in [6, 6.07) is 0. The van der Waals surface area contributed by atoms with Crippen LogP contribution in [0.1, 0.15) is 6.92 Å². The molecule has 0 heterocycles. The van der Waals surface area contributed by atoms with Crippen LogP contribution in [0.2, 0.25) is 0 Å². The van der Waals surface area contributed by atoms with Crippen LogP contribution in [0, 0.1) is 0 Å². The molecule has 0 aliphatic heterocycles. The molecular weight excluding hydrogens is 82.0 g/mol. The van der Waals surface area contributed by atoms with Gasteiger partial charge in [-0.15, -0.1) is 0 Å². The highest BCUT2D eigenvalue weighted by Gasteiger charge is 1.90. The summed E-state index contributed by atoms with van der Waals surface area (Å²) in [6.07, 6.45) is 0. The van der Waals surface area contributed by atoms with Crippen LogP contribution in [0.5, 0.6) is 0 Å². The average molecular weight is 89.1 g/mol. The first-order chi connectivity index (χ1) is 2.64. The van der Waals surface area contributed by atoms with E-state index in [1.54, 1.807) is 0 Å². The van der Waals surface area contributed by atoms with Gasteiger partial charge in [-0.05, 0) is 0 Å². The van der Waals surface area contributed by atoms with E-state index in [2.05, 4.69) is 0 Å². The lowest BCUT2D eigenvalue weighted by atomic mass is 10.7. The van der Waals surface area contributed by atoms with Crippen LogP contribution in [0.4, 0.5) is 0 Å². The van der Waals surface area contributed by atoms with E-state index in [1.165, 1.54) is 14.0 Å². The second-order valence-electron chi connectivity index (χ2n) is 1.04. The number of carbonyl (C=O) groups is 1. The van der Waals surface area contributed by atoms with E-state index in [9.17, 15) is 4.79 Å². The standard InChI is InChI=1S/C3H7NO2/c1-3(5)4(2)6/h6H,1-2H3. The number of amides is 1. The Labute approximate surface area is 36.1 Å². The van der Waals surface area contributed by atoms with Crippen LogP contribution < -0.4 is 0 Å². The van der Waals surface area contributed by atoms with E-state index in [0.29, 0.717) is 5.06 Å². The Bertz CT molecular complexity index is 59.8. The second-order valence-corrected chi connectivity index (χ2v) is 1.04. The van der Waals surface area contributed by atoms with Gasteiger partial charge in [-0.2, -0.15) is 0 Å². The number of rotatable bonds is 0. The highest BCUT2D eigenvalue weighted by molar-refractivity contribution is 5.71. The van der Waals surface area contributed by atoms with Crippen molar-refractivity contribution in [3.05, 3.63) is 0 Å². The van der Waals surface area contributed by atoms with Crippen LogP contribution in [-0.2, 0) is 4.79 Å². The van der Waals surface area contributed by atoms with Crippen molar-refractivity contribution in [2.45, 2.75) is 6.92 Å². The van der Waals surface area contributed by atoms with E-state index >= 15 is 0 Å². The number of hydrogen-bond donors (Lipinski definition) is 1. The Kier molecular flexibility index (Phi) is 1.60. The van der Waals surface area contributed by atoms with Crippen molar-refractivity contribution in [2.75, 3.05) is 7.05 Å². The molecule has 1 amide bonds. The molecule has 1 N–H and O–H groups in total. The summed E-state index contributed by atoms with van der Waals surface area (Å²) >= 11 is 0. The zero-order valence-electron chi connectivity index (χ0n) is 3.80. The van der Waals surface area contributed by atoms with Gasteiger partial charge in [0.25, 0.3) is 0 Å². The SMILES string of the molecule is CC(=O)N(C)O. The van der Waals surface area contributed by atoms with E-state index in [-0.39, 0.29) is 5.91 Å². The molecule has 36 valence electrons. The highest BCUT2D eigenvalue weighted by atomic mass is 16.5. The smallest absolute Gasteiger partial charge is 0.242 e. The molecule has 0 bridgehead atoms. The Morgan fingerprint density at radius 3 is 2.00 bits per heavy atom. The fourth-order valence-corrected chi connectivity index (χ4v) is 0. The molecule has 3 heteroatoms. The number of hydroxylamine groups is 2.